The minimum atomic E-state index is 1.09. The summed E-state index contributed by atoms with van der Waals surface area (Å²) >= 11 is 1.84. The van der Waals surface area contributed by atoms with Gasteiger partial charge in [-0.25, -0.2) is 4.98 Å². The van der Waals surface area contributed by atoms with Gasteiger partial charge in [-0.1, -0.05) is 42.1 Å². The maximum atomic E-state index is 4.59. The number of aromatic nitrogens is 2. The second kappa shape index (κ2) is 3.17. The molecule has 2 nitrogen and oxygen atoms in total. The van der Waals surface area contributed by atoms with Gasteiger partial charge in [-0.3, -0.25) is 0 Å². The zero-order valence-electron chi connectivity index (χ0n) is 7.68. The molecule has 14 heavy (non-hydrogen) atoms. The largest absolute Gasteiger partial charge is 0.325 e. The number of aryl methyl sites for hydroxylation is 1. The summed E-state index contributed by atoms with van der Waals surface area (Å²) in [6, 6.07) is 10.3. The van der Waals surface area contributed by atoms with Crippen LogP contribution in [0, 0.1) is 0 Å². The summed E-state index contributed by atoms with van der Waals surface area (Å²) in [6.07, 6.45) is 2.14. The van der Waals surface area contributed by atoms with E-state index in [1.807, 2.05) is 30.0 Å². The normalized spacial score (nSPS) is 14.3. The molecule has 1 aliphatic heterocycles. The summed E-state index contributed by atoms with van der Waals surface area (Å²) in [7, 11) is 0. The lowest BCUT2D eigenvalue weighted by molar-refractivity contribution is 0.719. The number of nitrogens with zero attached hydrogens (tertiary/aromatic N) is 2. The number of hydrogen-bond acceptors (Lipinski definition) is 2. The van der Waals surface area contributed by atoms with Crippen LogP contribution in [0.3, 0.4) is 0 Å². The van der Waals surface area contributed by atoms with Crippen molar-refractivity contribution in [3.8, 4) is 11.3 Å². The van der Waals surface area contributed by atoms with Crippen molar-refractivity contribution < 1.29 is 0 Å². The van der Waals surface area contributed by atoms with Crippen LogP contribution in [0.25, 0.3) is 11.3 Å². The highest BCUT2D eigenvalue weighted by molar-refractivity contribution is 7.99. The Morgan fingerprint density at radius 3 is 2.86 bits per heavy atom. The van der Waals surface area contributed by atoms with Gasteiger partial charge in [-0.2, -0.15) is 0 Å². The van der Waals surface area contributed by atoms with E-state index in [2.05, 4.69) is 27.9 Å². The summed E-state index contributed by atoms with van der Waals surface area (Å²) in [5.74, 6) is 1.16. The van der Waals surface area contributed by atoms with Gasteiger partial charge in [0.15, 0.2) is 5.16 Å². The van der Waals surface area contributed by atoms with Gasteiger partial charge >= 0.3 is 0 Å². The molecule has 1 aromatic carbocycles. The summed E-state index contributed by atoms with van der Waals surface area (Å²) in [5, 5.41) is 1.16. The molecule has 0 saturated carbocycles. The summed E-state index contributed by atoms with van der Waals surface area (Å²) in [5.41, 5.74) is 2.29. The van der Waals surface area contributed by atoms with Crippen molar-refractivity contribution in [3.63, 3.8) is 0 Å². The molecular formula is C11H10N2S. The Morgan fingerprint density at radius 2 is 2.07 bits per heavy atom. The van der Waals surface area contributed by atoms with Gasteiger partial charge in [0, 0.05) is 24.1 Å². The zero-order valence-corrected chi connectivity index (χ0v) is 8.50. The molecule has 0 radical (unpaired) electrons. The van der Waals surface area contributed by atoms with Crippen LogP contribution in [-0.4, -0.2) is 15.3 Å². The fraction of sp³-hybridized carbons (Fsp3) is 0.182. The molecule has 1 aliphatic rings. The van der Waals surface area contributed by atoms with E-state index in [0.717, 1.165) is 23.1 Å². The Morgan fingerprint density at radius 1 is 1.21 bits per heavy atom. The number of imidazole rings is 1. The minimum absolute atomic E-state index is 1.09. The average Bonchev–Trinajstić information content (AvgIpc) is 2.78. The molecule has 0 unspecified atom stereocenters. The Bertz CT molecular complexity index is 426. The number of benzene rings is 1. The van der Waals surface area contributed by atoms with Gasteiger partial charge < -0.3 is 4.57 Å². The van der Waals surface area contributed by atoms with Crippen molar-refractivity contribution in [2.45, 2.75) is 11.7 Å². The van der Waals surface area contributed by atoms with E-state index in [0.29, 0.717) is 0 Å². The molecule has 0 fully saturated rings. The van der Waals surface area contributed by atoms with Crippen LogP contribution < -0.4 is 0 Å². The van der Waals surface area contributed by atoms with E-state index in [-0.39, 0.29) is 0 Å². The van der Waals surface area contributed by atoms with Crippen LogP contribution in [0.4, 0.5) is 0 Å². The molecule has 3 rings (SSSR count). The molecule has 1 aromatic heterocycles. The maximum absolute atomic E-state index is 4.59. The third-order valence-corrected chi connectivity index (χ3v) is 3.34. The number of fused-ring (bicyclic) bond motifs is 1. The average molecular weight is 202 g/mol. The molecule has 3 heteroatoms. The number of thioether (sulfide) groups is 1. The lowest BCUT2D eigenvalue weighted by Crippen LogP contribution is -1.89. The van der Waals surface area contributed by atoms with E-state index in [9.17, 15) is 0 Å². The summed E-state index contributed by atoms with van der Waals surface area (Å²) < 4.78 is 2.23. The lowest BCUT2D eigenvalue weighted by atomic mass is 10.2. The Labute approximate surface area is 87.0 Å². The first-order valence-corrected chi connectivity index (χ1v) is 5.67. The summed E-state index contributed by atoms with van der Waals surface area (Å²) in [4.78, 5) is 4.59. The highest BCUT2D eigenvalue weighted by Crippen LogP contribution is 2.28. The molecule has 0 bridgehead atoms. The molecule has 0 amide bonds. The highest BCUT2D eigenvalue weighted by Gasteiger charge is 2.14. The predicted octanol–water partition coefficient (Wildman–Crippen LogP) is 2.66. The van der Waals surface area contributed by atoms with E-state index < -0.39 is 0 Å². The molecule has 2 heterocycles. The first kappa shape index (κ1) is 8.12. The third-order valence-electron chi connectivity index (χ3n) is 2.37. The van der Waals surface area contributed by atoms with Crippen molar-refractivity contribution in [3.05, 3.63) is 36.5 Å². The minimum Gasteiger partial charge on any atom is -0.325 e. The predicted molar refractivity (Wildman–Crippen MR) is 58.4 cm³/mol. The van der Waals surface area contributed by atoms with Crippen molar-refractivity contribution >= 4 is 11.8 Å². The standard InChI is InChI=1S/C11H10N2S/c1-2-4-9(5-3-1)10-8-13-6-7-14-11(13)12-10/h1-5,8H,6-7H2. The van der Waals surface area contributed by atoms with E-state index in [1.54, 1.807) is 0 Å². The molecule has 70 valence electrons. The van der Waals surface area contributed by atoms with Gasteiger partial charge in [-0.05, 0) is 0 Å². The van der Waals surface area contributed by atoms with Crippen LogP contribution >= 0.6 is 11.8 Å². The number of hydrogen-bond donors (Lipinski definition) is 0. The van der Waals surface area contributed by atoms with Crippen molar-refractivity contribution in [2.75, 3.05) is 5.75 Å². The van der Waals surface area contributed by atoms with Crippen LogP contribution in [0.5, 0.6) is 0 Å². The quantitative estimate of drug-likeness (QED) is 0.707. The maximum Gasteiger partial charge on any atom is 0.168 e. The molecular weight excluding hydrogens is 192 g/mol. The SMILES string of the molecule is c1ccc(-c2cn3c(n2)SCC3)cc1. The zero-order chi connectivity index (χ0) is 9.38. The molecule has 0 aliphatic carbocycles. The van der Waals surface area contributed by atoms with Gasteiger partial charge in [-0.15, -0.1) is 0 Å². The summed E-state index contributed by atoms with van der Waals surface area (Å²) in [6.45, 7) is 1.10. The monoisotopic (exact) mass is 202 g/mol. The Kier molecular flexibility index (Phi) is 1.84. The second-order valence-electron chi connectivity index (χ2n) is 3.32. The van der Waals surface area contributed by atoms with E-state index >= 15 is 0 Å². The smallest absolute Gasteiger partial charge is 0.168 e. The van der Waals surface area contributed by atoms with Crippen LogP contribution in [0.2, 0.25) is 0 Å². The lowest BCUT2D eigenvalue weighted by Gasteiger charge is -1.94. The van der Waals surface area contributed by atoms with Crippen molar-refractivity contribution in [2.24, 2.45) is 0 Å². The van der Waals surface area contributed by atoms with Crippen LogP contribution in [0.15, 0.2) is 41.7 Å². The molecule has 0 saturated heterocycles. The van der Waals surface area contributed by atoms with Crippen LogP contribution in [0.1, 0.15) is 0 Å². The van der Waals surface area contributed by atoms with Crippen LogP contribution in [-0.2, 0) is 6.54 Å². The van der Waals surface area contributed by atoms with Gasteiger partial charge in [0.25, 0.3) is 0 Å². The number of rotatable bonds is 1. The first-order chi connectivity index (χ1) is 6.93. The molecule has 2 aromatic rings. The topological polar surface area (TPSA) is 17.8 Å². The molecule has 0 atom stereocenters. The van der Waals surface area contributed by atoms with E-state index in [1.165, 1.54) is 5.56 Å². The van der Waals surface area contributed by atoms with Gasteiger partial charge in [0.2, 0.25) is 0 Å². The van der Waals surface area contributed by atoms with Gasteiger partial charge in [0.05, 0.1) is 5.69 Å². The molecule has 0 N–H and O–H groups in total. The van der Waals surface area contributed by atoms with Crippen molar-refractivity contribution in [1.29, 1.82) is 0 Å². The highest BCUT2D eigenvalue weighted by atomic mass is 32.2. The van der Waals surface area contributed by atoms with Gasteiger partial charge in [0.1, 0.15) is 0 Å². The third kappa shape index (κ3) is 1.24. The van der Waals surface area contributed by atoms with E-state index in [4.69, 9.17) is 0 Å². The van der Waals surface area contributed by atoms with Crippen molar-refractivity contribution in [1.82, 2.24) is 9.55 Å². The Balaban J connectivity index is 2.06. The second-order valence-corrected chi connectivity index (χ2v) is 4.38. The fourth-order valence-electron chi connectivity index (χ4n) is 1.66. The molecule has 0 spiro atoms. The fourth-order valence-corrected chi connectivity index (χ4v) is 2.60. The first-order valence-electron chi connectivity index (χ1n) is 4.69. The Hall–Kier alpha value is -1.22.